The Kier molecular flexibility index (Phi) is 6.11. The monoisotopic (exact) mass is 420 g/mol. The summed E-state index contributed by atoms with van der Waals surface area (Å²) in [4.78, 5) is 22.9. The molecule has 1 saturated heterocycles. The molecule has 1 unspecified atom stereocenters. The van der Waals surface area contributed by atoms with Gasteiger partial charge in [0.1, 0.15) is 11.6 Å². The third-order valence-electron chi connectivity index (χ3n) is 5.49. The number of hydrogen-bond acceptors (Lipinski definition) is 5. The zero-order valence-electron chi connectivity index (χ0n) is 17.6. The van der Waals surface area contributed by atoms with Gasteiger partial charge in [0, 0.05) is 54.8 Å². The number of nitrogens with one attached hydrogen (secondary N) is 1. The van der Waals surface area contributed by atoms with E-state index in [1.807, 2.05) is 29.2 Å². The van der Waals surface area contributed by atoms with Crippen LogP contribution >= 0.6 is 0 Å². The number of piperidine rings is 1. The van der Waals surface area contributed by atoms with Crippen LogP contribution in [-0.2, 0) is 4.79 Å². The van der Waals surface area contributed by atoms with Crippen LogP contribution in [0.2, 0.25) is 0 Å². The number of ether oxygens (including phenoxy) is 1. The Hall–Kier alpha value is -3.48. The van der Waals surface area contributed by atoms with Crippen LogP contribution in [0.3, 0.4) is 0 Å². The number of amides is 1. The number of likely N-dealkylation sites (tertiary alicyclic amines) is 1. The van der Waals surface area contributed by atoms with E-state index in [4.69, 9.17) is 9.72 Å². The summed E-state index contributed by atoms with van der Waals surface area (Å²) in [5.41, 5.74) is 3.91. The second kappa shape index (κ2) is 9.12. The van der Waals surface area contributed by atoms with Gasteiger partial charge in [0.15, 0.2) is 0 Å². The molecule has 1 fully saturated rings. The molecule has 4 rings (SSSR count). The van der Waals surface area contributed by atoms with Gasteiger partial charge in [-0.1, -0.05) is 6.07 Å². The summed E-state index contributed by atoms with van der Waals surface area (Å²) >= 11 is 0. The molecule has 0 bridgehead atoms. The lowest BCUT2D eigenvalue weighted by atomic mass is 9.93. The smallest absolute Gasteiger partial charge is 0.219 e. The molecule has 3 heterocycles. The van der Waals surface area contributed by atoms with Crippen molar-refractivity contribution in [1.29, 1.82) is 0 Å². The van der Waals surface area contributed by atoms with Gasteiger partial charge in [-0.2, -0.15) is 0 Å². The number of nitrogens with zero attached hydrogens (tertiary/aromatic N) is 3. The highest BCUT2D eigenvalue weighted by Crippen LogP contribution is 2.32. The number of anilines is 2. The molecule has 0 aliphatic carbocycles. The predicted octanol–water partition coefficient (Wildman–Crippen LogP) is 4.76. The van der Waals surface area contributed by atoms with E-state index in [2.05, 4.69) is 10.3 Å². The fourth-order valence-corrected chi connectivity index (χ4v) is 3.89. The van der Waals surface area contributed by atoms with E-state index in [0.717, 1.165) is 42.0 Å². The lowest BCUT2D eigenvalue weighted by Gasteiger charge is -2.32. The summed E-state index contributed by atoms with van der Waals surface area (Å²) in [5, 5.41) is 3.28. The maximum Gasteiger partial charge on any atom is 0.219 e. The van der Waals surface area contributed by atoms with Crippen molar-refractivity contribution < 1.29 is 13.9 Å². The van der Waals surface area contributed by atoms with Crippen LogP contribution in [0.4, 0.5) is 15.8 Å². The first-order valence-electron chi connectivity index (χ1n) is 10.3. The van der Waals surface area contributed by atoms with Crippen molar-refractivity contribution in [2.24, 2.45) is 0 Å². The van der Waals surface area contributed by atoms with Crippen LogP contribution in [0.1, 0.15) is 31.4 Å². The highest BCUT2D eigenvalue weighted by molar-refractivity contribution is 5.73. The zero-order valence-corrected chi connectivity index (χ0v) is 17.6. The van der Waals surface area contributed by atoms with E-state index in [0.29, 0.717) is 18.0 Å². The molecule has 0 spiro atoms. The Labute approximate surface area is 181 Å². The summed E-state index contributed by atoms with van der Waals surface area (Å²) in [6.45, 7) is 3.02. The molecule has 1 N–H and O–H groups in total. The van der Waals surface area contributed by atoms with E-state index in [1.54, 1.807) is 32.5 Å². The molecule has 1 atom stereocenters. The molecular weight excluding hydrogens is 395 g/mol. The van der Waals surface area contributed by atoms with Crippen LogP contribution < -0.4 is 10.1 Å². The molecule has 0 radical (unpaired) electrons. The van der Waals surface area contributed by atoms with Crippen LogP contribution in [0.25, 0.3) is 11.3 Å². The van der Waals surface area contributed by atoms with Gasteiger partial charge in [-0.25, -0.2) is 4.39 Å². The molecule has 3 aromatic rings. The number of benzene rings is 1. The molecule has 6 nitrogen and oxygen atoms in total. The molecular formula is C24H25FN4O2. The number of aromatic nitrogens is 2. The van der Waals surface area contributed by atoms with Crippen molar-refractivity contribution in [3.63, 3.8) is 0 Å². The van der Waals surface area contributed by atoms with Gasteiger partial charge < -0.3 is 15.0 Å². The molecule has 1 aliphatic heterocycles. The normalized spacial score (nSPS) is 16.1. The standard InChI is InChI=1S/C24H25FN4O2/c1-16(30)29-8-4-5-17(15-29)23-11-21(27-20-7-3-6-19(25)10-20)12-24(28-23)18-9-22(31-2)14-26-13-18/h3,6-7,9-14,17H,4-5,8,15H2,1-2H3,(H,27,28). The Morgan fingerprint density at radius 2 is 2.06 bits per heavy atom. The molecule has 1 amide bonds. The Bertz CT molecular complexity index is 1090. The molecule has 2 aromatic heterocycles. The van der Waals surface area contributed by atoms with Crippen molar-refractivity contribution in [1.82, 2.24) is 14.9 Å². The van der Waals surface area contributed by atoms with Crippen molar-refractivity contribution in [3.8, 4) is 17.0 Å². The Balaban J connectivity index is 1.73. The minimum atomic E-state index is -0.305. The van der Waals surface area contributed by atoms with Crippen LogP contribution in [0.15, 0.2) is 54.9 Å². The summed E-state index contributed by atoms with van der Waals surface area (Å²) in [6, 6.07) is 12.1. The number of carbonyl (C=O) groups is 1. The highest BCUT2D eigenvalue weighted by atomic mass is 19.1. The van der Waals surface area contributed by atoms with E-state index < -0.39 is 0 Å². The highest BCUT2D eigenvalue weighted by Gasteiger charge is 2.24. The molecule has 0 saturated carbocycles. The SMILES string of the molecule is COc1cncc(-c2cc(Nc3cccc(F)c3)cc(C3CCCN(C(C)=O)C3)n2)c1. The number of pyridine rings is 2. The van der Waals surface area contributed by atoms with E-state index in [-0.39, 0.29) is 17.6 Å². The van der Waals surface area contributed by atoms with E-state index in [9.17, 15) is 9.18 Å². The van der Waals surface area contributed by atoms with Gasteiger partial charge in [-0.05, 0) is 49.2 Å². The second-order valence-corrected chi connectivity index (χ2v) is 7.72. The predicted molar refractivity (Wildman–Crippen MR) is 118 cm³/mol. The zero-order chi connectivity index (χ0) is 21.8. The summed E-state index contributed by atoms with van der Waals surface area (Å²) in [5.74, 6) is 0.547. The van der Waals surface area contributed by atoms with Gasteiger partial charge in [0.25, 0.3) is 0 Å². The lowest BCUT2D eigenvalue weighted by Crippen LogP contribution is -2.37. The van der Waals surface area contributed by atoms with Gasteiger partial charge in [0.2, 0.25) is 5.91 Å². The van der Waals surface area contributed by atoms with Crippen LogP contribution in [0.5, 0.6) is 5.75 Å². The number of methoxy groups -OCH3 is 1. The molecule has 1 aliphatic rings. The number of hydrogen-bond donors (Lipinski definition) is 1. The minimum absolute atomic E-state index is 0.0796. The molecule has 7 heteroatoms. The first kappa shape index (κ1) is 20.8. The summed E-state index contributed by atoms with van der Waals surface area (Å²) in [7, 11) is 1.60. The third kappa shape index (κ3) is 4.99. The lowest BCUT2D eigenvalue weighted by molar-refractivity contribution is -0.130. The quantitative estimate of drug-likeness (QED) is 0.645. The van der Waals surface area contributed by atoms with Crippen molar-refractivity contribution >= 4 is 17.3 Å². The van der Waals surface area contributed by atoms with Crippen molar-refractivity contribution in [2.75, 3.05) is 25.5 Å². The number of rotatable bonds is 5. The first-order chi connectivity index (χ1) is 15.0. The number of halogens is 1. The fraction of sp³-hybridized carbons (Fsp3) is 0.292. The molecule has 1 aromatic carbocycles. The van der Waals surface area contributed by atoms with Crippen molar-refractivity contribution in [3.05, 3.63) is 66.4 Å². The summed E-state index contributed by atoms with van der Waals surface area (Å²) in [6.07, 6.45) is 5.27. The largest absolute Gasteiger partial charge is 0.495 e. The van der Waals surface area contributed by atoms with E-state index >= 15 is 0 Å². The minimum Gasteiger partial charge on any atom is -0.495 e. The van der Waals surface area contributed by atoms with Gasteiger partial charge in [0.05, 0.1) is 19.0 Å². The second-order valence-electron chi connectivity index (χ2n) is 7.72. The van der Waals surface area contributed by atoms with Gasteiger partial charge >= 0.3 is 0 Å². The topological polar surface area (TPSA) is 67.3 Å². The Morgan fingerprint density at radius 3 is 2.84 bits per heavy atom. The number of carbonyl (C=O) groups excluding carboxylic acids is 1. The van der Waals surface area contributed by atoms with E-state index in [1.165, 1.54) is 12.1 Å². The molecule has 31 heavy (non-hydrogen) atoms. The first-order valence-corrected chi connectivity index (χ1v) is 10.3. The molecule has 160 valence electrons. The van der Waals surface area contributed by atoms with Gasteiger partial charge in [-0.3, -0.25) is 14.8 Å². The maximum absolute atomic E-state index is 13.7. The summed E-state index contributed by atoms with van der Waals surface area (Å²) < 4.78 is 19.0. The van der Waals surface area contributed by atoms with Crippen LogP contribution in [0, 0.1) is 5.82 Å². The van der Waals surface area contributed by atoms with Gasteiger partial charge in [-0.15, -0.1) is 0 Å². The average molecular weight is 420 g/mol. The third-order valence-corrected chi connectivity index (χ3v) is 5.49. The average Bonchev–Trinajstić information content (AvgIpc) is 2.79. The fourth-order valence-electron chi connectivity index (χ4n) is 3.89. The van der Waals surface area contributed by atoms with Crippen molar-refractivity contribution in [2.45, 2.75) is 25.7 Å². The van der Waals surface area contributed by atoms with Crippen LogP contribution in [-0.4, -0.2) is 41.0 Å². The maximum atomic E-state index is 13.7. The Morgan fingerprint density at radius 1 is 1.19 bits per heavy atom.